The first kappa shape index (κ1) is 17.1. The molecule has 2 aliphatic rings. The average molecular weight is 355 g/mol. The highest BCUT2D eigenvalue weighted by molar-refractivity contribution is 5.94. The normalized spacial score (nSPS) is 23.5. The highest BCUT2D eigenvalue weighted by Crippen LogP contribution is 2.26. The fourth-order valence-corrected chi connectivity index (χ4v) is 3.85. The van der Waals surface area contributed by atoms with Crippen LogP contribution in [0.5, 0.6) is 0 Å². The molecule has 6 heteroatoms. The Morgan fingerprint density at radius 1 is 1.19 bits per heavy atom. The van der Waals surface area contributed by atoms with Gasteiger partial charge in [-0.3, -0.25) is 14.7 Å². The van der Waals surface area contributed by atoms with Gasteiger partial charge in [-0.25, -0.2) is 4.39 Å². The quantitative estimate of drug-likeness (QED) is 0.848. The van der Waals surface area contributed by atoms with Gasteiger partial charge in [-0.2, -0.15) is 0 Å². The molecule has 2 aromatic rings. The highest BCUT2D eigenvalue weighted by atomic mass is 19.1. The number of piperidine rings is 1. The van der Waals surface area contributed by atoms with Crippen molar-refractivity contribution in [2.75, 3.05) is 26.2 Å². The molecule has 3 heterocycles. The van der Waals surface area contributed by atoms with Crippen LogP contribution >= 0.6 is 0 Å². The third-order valence-corrected chi connectivity index (χ3v) is 5.23. The van der Waals surface area contributed by atoms with Crippen molar-refractivity contribution in [2.24, 2.45) is 0 Å². The number of pyridine rings is 1. The van der Waals surface area contributed by atoms with Crippen molar-refractivity contribution >= 4 is 5.91 Å². The van der Waals surface area contributed by atoms with Crippen LogP contribution < -0.4 is 0 Å². The van der Waals surface area contributed by atoms with Gasteiger partial charge in [-0.05, 0) is 36.2 Å². The van der Waals surface area contributed by atoms with Crippen LogP contribution in [0.3, 0.4) is 0 Å². The number of benzene rings is 1. The second-order valence-electron chi connectivity index (χ2n) is 6.82. The molecule has 4 rings (SSSR count). The molecular weight excluding hydrogens is 333 g/mol. The summed E-state index contributed by atoms with van der Waals surface area (Å²) >= 11 is 0. The van der Waals surface area contributed by atoms with Crippen molar-refractivity contribution in [1.82, 2.24) is 14.8 Å². The highest BCUT2D eigenvalue weighted by Gasteiger charge is 2.38. The molecule has 0 radical (unpaired) electrons. The van der Waals surface area contributed by atoms with Crippen molar-refractivity contribution in [3.63, 3.8) is 0 Å². The predicted octanol–water partition coefficient (Wildman–Crippen LogP) is 2.34. The lowest BCUT2D eigenvalue weighted by Crippen LogP contribution is -2.60. The predicted molar refractivity (Wildman–Crippen MR) is 95.1 cm³/mol. The molecule has 26 heavy (non-hydrogen) atoms. The number of likely N-dealkylation sites (tertiary alicyclic amines) is 1. The molecule has 2 aliphatic heterocycles. The molecule has 0 bridgehead atoms. The average Bonchev–Trinajstić information content (AvgIpc) is 2.69. The van der Waals surface area contributed by atoms with E-state index in [1.807, 2.05) is 12.1 Å². The topological polar surface area (TPSA) is 45.7 Å². The molecule has 0 N–H and O–H groups in total. The molecule has 2 fully saturated rings. The van der Waals surface area contributed by atoms with E-state index in [1.54, 1.807) is 35.5 Å². The number of fused-ring (bicyclic) bond motifs is 1. The van der Waals surface area contributed by atoms with E-state index in [0.29, 0.717) is 19.7 Å². The number of aromatic nitrogens is 1. The van der Waals surface area contributed by atoms with Gasteiger partial charge in [0.25, 0.3) is 5.91 Å². The Balaban J connectivity index is 1.50. The zero-order valence-corrected chi connectivity index (χ0v) is 14.6. The van der Waals surface area contributed by atoms with Gasteiger partial charge in [-0.15, -0.1) is 0 Å². The monoisotopic (exact) mass is 355 g/mol. The molecule has 2 saturated heterocycles. The molecular formula is C20H22FN3O2. The summed E-state index contributed by atoms with van der Waals surface area (Å²) in [4.78, 5) is 21.0. The zero-order valence-electron chi connectivity index (χ0n) is 14.6. The standard InChI is InChI=1S/C20H22FN3O2/c21-17-4-2-1-3-16(17)20(25)24-10-7-19-18(14-24)23(11-12-26-19)13-15-5-8-22-9-6-15/h1-6,8-9,18-19H,7,10-14H2/t18-,19-/m1/s1. The number of rotatable bonds is 3. The third-order valence-electron chi connectivity index (χ3n) is 5.23. The number of amides is 1. The number of carbonyl (C=O) groups excluding carboxylic acids is 1. The van der Waals surface area contributed by atoms with E-state index in [1.165, 1.54) is 11.6 Å². The van der Waals surface area contributed by atoms with Gasteiger partial charge < -0.3 is 9.64 Å². The first-order valence-corrected chi connectivity index (χ1v) is 9.01. The first-order chi connectivity index (χ1) is 12.7. The van der Waals surface area contributed by atoms with Gasteiger partial charge in [0, 0.05) is 38.6 Å². The maximum absolute atomic E-state index is 14.0. The molecule has 0 unspecified atom stereocenters. The van der Waals surface area contributed by atoms with Crippen LogP contribution in [0.1, 0.15) is 22.3 Å². The molecule has 1 aromatic heterocycles. The molecule has 0 spiro atoms. The fourth-order valence-electron chi connectivity index (χ4n) is 3.85. The van der Waals surface area contributed by atoms with Gasteiger partial charge in [0.15, 0.2) is 0 Å². The molecule has 2 atom stereocenters. The van der Waals surface area contributed by atoms with Crippen molar-refractivity contribution in [2.45, 2.75) is 25.1 Å². The fraction of sp³-hybridized carbons (Fsp3) is 0.400. The van der Waals surface area contributed by atoms with Crippen molar-refractivity contribution in [3.8, 4) is 0 Å². The van der Waals surface area contributed by atoms with E-state index in [2.05, 4.69) is 9.88 Å². The van der Waals surface area contributed by atoms with Crippen LogP contribution in [0.15, 0.2) is 48.8 Å². The minimum atomic E-state index is -0.465. The van der Waals surface area contributed by atoms with Crippen molar-refractivity contribution in [3.05, 3.63) is 65.7 Å². The van der Waals surface area contributed by atoms with Crippen molar-refractivity contribution in [1.29, 1.82) is 0 Å². The van der Waals surface area contributed by atoms with Crippen LogP contribution in [0, 0.1) is 5.82 Å². The Morgan fingerprint density at radius 3 is 2.81 bits per heavy atom. The summed E-state index contributed by atoms with van der Waals surface area (Å²) in [6.07, 6.45) is 4.48. The van der Waals surface area contributed by atoms with Crippen LogP contribution in [0.4, 0.5) is 4.39 Å². The Morgan fingerprint density at radius 2 is 2.00 bits per heavy atom. The molecule has 0 aliphatic carbocycles. The largest absolute Gasteiger partial charge is 0.375 e. The van der Waals surface area contributed by atoms with E-state index in [4.69, 9.17) is 4.74 Å². The Labute approximate surface area is 152 Å². The molecule has 0 saturated carbocycles. The maximum Gasteiger partial charge on any atom is 0.256 e. The Hall–Kier alpha value is -2.31. The number of halogens is 1. The summed E-state index contributed by atoms with van der Waals surface area (Å²) in [5.41, 5.74) is 1.33. The van der Waals surface area contributed by atoms with E-state index in [0.717, 1.165) is 19.5 Å². The maximum atomic E-state index is 14.0. The summed E-state index contributed by atoms with van der Waals surface area (Å²) in [6, 6.07) is 10.3. The summed E-state index contributed by atoms with van der Waals surface area (Å²) in [5.74, 6) is -0.704. The number of hydrogen-bond acceptors (Lipinski definition) is 4. The SMILES string of the molecule is O=C(c1ccccc1F)N1CC[C@H]2OCCN(Cc3ccncc3)[C@@H]2C1. The number of ether oxygens (including phenoxy) is 1. The number of morpholine rings is 1. The molecule has 5 nitrogen and oxygen atoms in total. The number of nitrogens with zero attached hydrogens (tertiary/aromatic N) is 3. The summed E-state index contributed by atoms with van der Waals surface area (Å²) in [7, 11) is 0. The lowest BCUT2D eigenvalue weighted by atomic mass is 9.97. The van der Waals surface area contributed by atoms with Gasteiger partial charge in [0.05, 0.1) is 24.3 Å². The van der Waals surface area contributed by atoms with Gasteiger partial charge in [0.1, 0.15) is 5.82 Å². The lowest BCUT2D eigenvalue weighted by molar-refractivity contribution is -0.101. The summed E-state index contributed by atoms with van der Waals surface area (Å²) < 4.78 is 19.9. The van der Waals surface area contributed by atoms with E-state index < -0.39 is 5.82 Å². The van der Waals surface area contributed by atoms with E-state index >= 15 is 0 Å². The second kappa shape index (κ2) is 7.51. The molecule has 1 amide bonds. The minimum Gasteiger partial charge on any atom is -0.375 e. The second-order valence-corrected chi connectivity index (χ2v) is 6.82. The van der Waals surface area contributed by atoms with Gasteiger partial charge in [0.2, 0.25) is 0 Å². The summed E-state index contributed by atoms with van der Waals surface area (Å²) in [5, 5.41) is 0. The van der Waals surface area contributed by atoms with Crippen LogP contribution in [0.2, 0.25) is 0 Å². The Bertz CT molecular complexity index is 771. The molecule has 136 valence electrons. The minimum absolute atomic E-state index is 0.121. The molecule has 1 aromatic carbocycles. The Kier molecular flexibility index (Phi) is 4.95. The number of carbonyl (C=O) groups is 1. The van der Waals surface area contributed by atoms with E-state index in [9.17, 15) is 9.18 Å². The first-order valence-electron chi connectivity index (χ1n) is 9.01. The van der Waals surface area contributed by atoms with Crippen molar-refractivity contribution < 1.29 is 13.9 Å². The zero-order chi connectivity index (χ0) is 17.9. The van der Waals surface area contributed by atoms with Gasteiger partial charge in [-0.1, -0.05) is 12.1 Å². The van der Waals surface area contributed by atoms with Gasteiger partial charge >= 0.3 is 0 Å². The van der Waals surface area contributed by atoms with Crippen LogP contribution in [-0.2, 0) is 11.3 Å². The number of hydrogen-bond donors (Lipinski definition) is 0. The van der Waals surface area contributed by atoms with Crippen LogP contribution in [0.25, 0.3) is 0 Å². The summed E-state index contributed by atoms with van der Waals surface area (Å²) in [6.45, 7) is 3.48. The smallest absolute Gasteiger partial charge is 0.256 e. The lowest BCUT2D eigenvalue weighted by Gasteiger charge is -2.47. The third kappa shape index (κ3) is 3.48. The van der Waals surface area contributed by atoms with Crippen LogP contribution in [-0.4, -0.2) is 59.1 Å². The van der Waals surface area contributed by atoms with E-state index in [-0.39, 0.29) is 23.6 Å².